The minimum Gasteiger partial charge on any atom is -0.293 e. The van der Waals surface area contributed by atoms with Crippen LogP contribution in [0.15, 0.2) is 13.6 Å². The molecule has 0 unspecified atom stereocenters. The van der Waals surface area contributed by atoms with Gasteiger partial charge in [-0.2, -0.15) is 0 Å². The summed E-state index contributed by atoms with van der Waals surface area (Å²) in [5.41, 5.74) is 0. The molecule has 2 heterocycles. The van der Waals surface area contributed by atoms with E-state index < -0.39 is 0 Å². The van der Waals surface area contributed by atoms with Crippen molar-refractivity contribution in [3.05, 3.63) is 18.5 Å². The Kier molecular flexibility index (Phi) is 3.36. The molecule has 2 rings (SSSR count). The van der Waals surface area contributed by atoms with Gasteiger partial charge in [0.2, 0.25) is 0 Å². The van der Waals surface area contributed by atoms with E-state index >= 15 is 0 Å². The molecule has 0 saturated heterocycles. The van der Waals surface area contributed by atoms with E-state index in [4.69, 9.17) is 0 Å². The molecule has 0 aliphatic rings. The summed E-state index contributed by atoms with van der Waals surface area (Å²) >= 11 is 10.2. The first kappa shape index (κ1) is 11.8. The molecule has 0 saturated carbocycles. The third kappa shape index (κ3) is 2.07. The summed E-state index contributed by atoms with van der Waals surface area (Å²) in [5, 5.41) is 1.14. The number of fused-ring (bicyclic) bond motifs is 1. The number of carbonyl (C=O) groups is 1. The van der Waals surface area contributed by atoms with Gasteiger partial charge in [-0.15, -0.1) is 22.7 Å². The Hall–Kier alpha value is 0.290. The fourth-order valence-electron chi connectivity index (χ4n) is 1.27. The summed E-state index contributed by atoms with van der Waals surface area (Å²) in [6.45, 7) is 3.86. The summed E-state index contributed by atoms with van der Waals surface area (Å²) in [6.07, 6.45) is 0. The Morgan fingerprint density at radius 3 is 2.47 bits per heavy atom. The zero-order valence-corrected chi connectivity index (χ0v) is 12.9. The van der Waals surface area contributed by atoms with E-state index in [-0.39, 0.29) is 11.7 Å². The molecule has 0 atom stereocenters. The van der Waals surface area contributed by atoms with Crippen LogP contribution in [-0.4, -0.2) is 5.78 Å². The van der Waals surface area contributed by atoms with E-state index in [0.717, 1.165) is 22.5 Å². The van der Waals surface area contributed by atoms with Crippen molar-refractivity contribution in [3.8, 4) is 0 Å². The lowest BCUT2D eigenvalue weighted by atomic mass is 10.1. The highest BCUT2D eigenvalue weighted by atomic mass is 79.9. The van der Waals surface area contributed by atoms with Gasteiger partial charge in [0.15, 0.2) is 5.78 Å². The second kappa shape index (κ2) is 4.28. The number of rotatable bonds is 2. The van der Waals surface area contributed by atoms with Crippen molar-refractivity contribution < 1.29 is 4.79 Å². The SMILES string of the molecule is CC(C)C(=O)c1cc2c(Br)sc(Br)c2s1. The highest BCUT2D eigenvalue weighted by Gasteiger charge is 2.17. The lowest BCUT2D eigenvalue weighted by Gasteiger charge is -1.98. The van der Waals surface area contributed by atoms with Gasteiger partial charge < -0.3 is 0 Å². The van der Waals surface area contributed by atoms with Crippen LogP contribution in [0.4, 0.5) is 0 Å². The molecular formula is C10H8Br2OS2. The quantitative estimate of drug-likeness (QED) is 0.656. The van der Waals surface area contributed by atoms with Crippen LogP contribution in [0, 0.1) is 5.92 Å². The van der Waals surface area contributed by atoms with E-state index in [2.05, 4.69) is 31.9 Å². The number of ketones is 1. The molecule has 0 aliphatic heterocycles. The maximum absolute atomic E-state index is 11.8. The van der Waals surface area contributed by atoms with E-state index in [9.17, 15) is 4.79 Å². The fourth-order valence-corrected chi connectivity index (χ4v) is 5.82. The van der Waals surface area contributed by atoms with Crippen LogP contribution in [0.2, 0.25) is 0 Å². The number of hydrogen-bond acceptors (Lipinski definition) is 3. The molecule has 0 fully saturated rings. The minimum atomic E-state index is 0.0639. The zero-order chi connectivity index (χ0) is 11.2. The van der Waals surface area contributed by atoms with Gasteiger partial charge in [-0.1, -0.05) is 13.8 Å². The van der Waals surface area contributed by atoms with Crippen molar-refractivity contribution in [3.63, 3.8) is 0 Å². The average molecular weight is 368 g/mol. The van der Waals surface area contributed by atoms with E-state index in [1.165, 1.54) is 0 Å². The molecule has 0 bridgehead atoms. The molecule has 80 valence electrons. The maximum Gasteiger partial charge on any atom is 0.175 e. The second-order valence-corrected chi connectivity index (χ2v) is 8.23. The topological polar surface area (TPSA) is 17.1 Å². The molecular weight excluding hydrogens is 360 g/mol. The highest BCUT2D eigenvalue weighted by Crippen LogP contribution is 2.43. The fraction of sp³-hybridized carbons (Fsp3) is 0.300. The van der Waals surface area contributed by atoms with Crippen LogP contribution in [0.3, 0.4) is 0 Å². The minimum absolute atomic E-state index is 0.0639. The predicted octanol–water partition coefficient (Wildman–Crippen LogP) is 5.33. The van der Waals surface area contributed by atoms with Gasteiger partial charge in [0.25, 0.3) is 0 Å². The monoisotopic (exact) mass is 366 g/mol. The zero-order valence-electron chi connectivity index (χ0n) is 8.14. The van der Waals surface area contributed by atoms with Crippen LogP contribution in [0.5, 0.6) is 0 Å². The van der Waals surface area contributed by atoms with E-state index in [1.807, 2.05) is 19.9 Å². The third-order valence-electron chi connectivity index (χ3n) is 2.07. The first-order valence-electron chi connectivity index (χ1n) is 4.42. The Balaban J connectivity index is 2.57. The van der Waals surface area contributed by atoms with Gasteiger partial charge in [0.05, 0.1) is 17.1 Å². The Labute approximate surface area is 113 Å². The highest BCUT2D eigenvalue weighted by molar-refractivity contribution is 9.12. The lowest BCUT2D eigenvalue weighted by Crippen LogP contribution is -2.04. The summed E-state index contributed by atoms with van der Waals surface area (Å²) in [5.74, 6) is 0.286. The Morgan fingerprint density at radius 1 is 1.27 bits per heavy atom. The molecule has 0 aromatic carbocycles. The molecule has 0 radical (unpaired) electrons. The summed E-state index contributed by atoms with van der Waals surface area (Å²) in [4.78, 5) is 12.7. The van der Waals surface area contributed by atoms with Crippen LogP contribution in [-0.2, 0) is 0 Å². The normalized spacial score (nSPS) is 11.5. The Morgan fingerprint density at radius 2 is 1.93 bits per heavy atom. The molecule has 0 spiro atoms. The molecule has 2 aromatic rings. The molecule has 0 aliphatic carbocycles. The first-order valence-corrected chi connectivity index (χ1v) is 7.64. The molecule has 0 amide bonds. The smallest absolute Gasteiger partial charge is 0.175 e. The van der Waals surface area contributed by atoms with E-state index in [0.29, 0.717) is 0 Å². The van der Waals surface area contributed by atoms with Crippen molar-refractivity contribution in [1.29, 1.82) is 0 Å². The summed E-state index contributed by atoms with van der Waals surface area (Å²) in [6, 6.07) is 1.98. The standard InChI is InChI=1S/C10H8Br2OS2/c1-4(2)7(13)6-3-5-8(14-6)10(12)15-9(5)11/h3-4H,1-2H3. The van der Waals surface area contributed by atoms with Gasteiger partial charge in [0, 0.05) is 11.3 Å². The molecule has 5 heteroatoms. The number of thiophene rings is 2. The average Bonchev–Trinajstić information content (AvgIpc) is 2.68. The van der Waals surface area contributed by atoms with Gasteiger partial charge >= 0.3 is 0 Å². The summed E-state index contributed by atoms with van der Waals surface area (Å²) < 4.78 is 3.34. The van der Waals surface area contributed by atoms with Crippen molar-refractivity contribution in [2.45, 2.75) is 13.8 Å². The molecule has 2 aromatic heterocycles. The second-order valence-electron chi connectivity index (χ2n) is 3.52. The predicted molar refractivity (Wildman–Crippen MR) is 74.3 cm³/mol. The molecule has 15 heavy (non-hydrogen) atoms. The van der Waals surface area contributed by atoms with E-state index in [1.54, 1.807) is 22.7 Å². The van der Waals surface area contributed by atoms with Crippen molar-refractivity contribution in [2.24, 2.45) is 5.92 Å². The van der Waals surface area contributed by atoms with Crippen LogP contribution >= 0.6 is 54.5 Å². The third-order valence-corrected chi connectivity index (χ3v) is 6.20. The number of hydrogen-bond donors (Lipinski definition) is 0. The van der Waals surface area contributed by atoms with Crippen molar-refractivity contribution in [2.75, 3.05) is 0 Å². The largest absolute Gasteiger partial charge is 0.293 e. The molecule has 0 N–H and O–H groups in total. The Bertz CT molecular complexity index is 490. The van der Waals surface area contributed by atoms with Gasteiger partial charge in [-0.3, -0.25) is 4.79 Å². The van der Waals surface area contributed by atoms with Gasteiger partial charge in [0.1, 0.15) is 0 Å². The van der Waals surface area contributed by atoms with Crippen molar-refractivity contribution in [1.82, 2.24) is 0 Å². The number of carbonyl (C=O) groups excluding carboxylic acids is 1. The number of halogens is 2. The lowest BCUT2D eigenvalue weighted by molar-refractivity contribution is 0.0943. The summed E-state index contributed by atoms with van der Waals surface area (Å²) in [7, 11) is 0. The van der Waals surface area contributed by atoms with Crippen molar-refractivity contribution >= 4 is 70.4 Å². The van der Waals surface area contributed by atoms with Crippen LogP contribution in [0.1, 0.15) is 23.5 Å². The van der Waals surface area contributed by atoms with Crippen LogP contribution in [0.25, 0.3) is 10.1 Å². The number of Topliss-reactive ketones (excluding diaryl/α,β-unsaturated/α-hetero) is 1. The first-order chi connectivity index (χ1) is 7.00. The van der Waals surface area contributed by atoms with Gasteiger partial charge in [-0.05, 0) is 37.9 Å². The molecule has 1 nitrogen and oxygen atoms in total. The van der Waals surface area contributed by atoms with Crippen LogP contribution < -0.4 is 0 Å². The maximum atomic E-state index is 11.8. The van der Waals surface area contributed by atoms with Gasteiger partial charge in [-0.25, -0.2) is 0 Å².